The van der Waals surface area contributed by atoms with E-state index in [9.17, 15) is 20.0 Å². The van der Waals surface area contributed by atoms with Crippen molar-refractivity contribution in [3.05, 3.63) is 35.5 Å². The third kappa shape index (κ3) is 4.15. The molecule has 2 atom stereocenters. The van der Waals surface area contributed by atoms with Gasteiger partial charge >= 0.3 is 12.1 Å². The Morgan fingerprint density at radius 3 is 2.40 bits per heavy atom. The first-order valence-corrected chi connectivity index (χ1v) is 9.84. The van der Waals surface area contributed by atoms with E-state index >= 15 is 0 Å². The van der Waals surface area contributed by atoms with Crippen LogP contribution in [-0.4, -0.2) is 57.8 Å². The molecule has 1 aromatic heterocycles. The predicted octanol–water partition coefficient (Wildman–Crippen LogP) is 3.64. The van der Waals surface area contributed by atoms with Crippen LogP contribution >= 0.6 is 0 Å². The smallest absolute Gasteiger partial charge is 0.410 e. The lowest BCUT2D eigenvalue weighted by molar-refractivity contribution is 0.00566. The lowest BCUT2D eigenvalue weighted by Gasteiger charge is -2.45. The molecule has 8 heteroatoms. The van der Waals surface area contributed by atoms with Crippen LogP contribution in [0.1, 0.15) is 50.5 Å². The van der Waals surface area contributed by atoms with Crippen molar-refractivity contribution in [3.63, 3.8) is 0 Å². The first kappa shape index (κ1) is 21.4. The Balaban J connectivity index is 1.98. The number of benzene rings is 1. The number of aromatic carboxylic acids is 1. The fourth-order valence-corrected chi connectivity index (χ4v) is 3.91. The molecule has 0 bridgehead atoms. The number of piperazine rings is 1. The van der Waals surface area contributed by atoms with Gasteiger partial charge in [0.1, 0.15) is 11.7 Å². The van der Waals surface area contributed by atoms with E-state index in [1.165, 1.54) is 12.3 Å². The van der Waals surface area contributed by atoms with Crippen molar-refractivity contribution in [2.75, 3.05) is 18.0 Å². The molecule has 1 aliphatic heterocycles. The molecule has 1 aliphatic rings. The van der Waals surface area contributed by atoms with E-state index in [1.54, 1.807) is 17.0 Å². The van der Waals surface area contributed by atoms with E-state index in [-0.39, 0.29) is 23.7 Å². The number of ether oxygens (including phenoxy) is 1. The number of anilines is 1. The van der Waals surface area contributed by atoms with Crippen LogP contribution in [0.15, 0.2) is 24.4 Å². The van der Waals surface area contributed by atoms with E-state index < -0.39 is 11.6 Å². The van der Waals surface area contributed by atoms with Crippen LogP contribution in [0.25, 0.3) is 10.9 Å². The molecular weight excluding hydrogens is 384 g/mol. The Kier molecular flexibility index (Phi) is 5.57. The van der Waals surface area contributed by atoms with Crippen molar-refractivity contribution in [1.82, 2.24) is 9.88 Å². The number of nitriles is 1. The molecule has 1 aromatic carbocycles. The van der Waals surface area contributed by atoms with Crippen molar-refractivity contribution < 1.29 is 19.4 Å². The monoisotopic (exact) mass is 410 g/mol. The summed E-state index contributed by atoms with van der Waals surface area (Å²) in [4.78, 5) is 32.4. The van der Waals surface area contributed by atoms with Crippen LogP contribution in [0.3, 0.4) is 0 Å². The second-order valence-corrected chi connectivity index (χ2v) is 8.66. The fraction of sp³-hybridized carbons (Fsp3) is 0.455. The van der Waals surface area contributed by atoms with Crippen molar-refractivity contribution in [3.8, 4) is 6.07 Å². The number of carbonyl (C=O) groups excluding carboxylic acids is 1. The molecule has 30 heavy (non-hydrogen) atoms. The number of carboxylic acids is 1. The van der Waals surface area contributed by atoms with Crippen LogP contribution in [0, 0.1) is 11.3 Å². The lowest BCUT2D eigenvalue weighted by Crippen LogP contribution is -2.59. The molecule has 0 spiro atoms. The summed E-state index contributed by atoms with van der Waals surface area (Å²) in [5.41, 5.74) is 1.01. The van der Waals surface area contributed by atoms with Gasteiger partial charge in [-0.15, -0.1) is 0 Å². The van der Waals surface area contributed by atoms with E-state index in [2.05, 4.69) is 16.0 Å². The van der Waals surface area contributed by atoms with Gasteiger partial charge in [-0.1, -0.05) is 0 Å². The summed E-state index contributed by atoms with van der Waals surface area (Å²) in [6.45, 7) is 10.5. The van der Waals surface area contributed by atoms with E-state index in [4.69, 9.17) is 4.74 Å². The molecule has 3 rings (SSSR count). The second-order valence-electron chi connectivity index (χ2n) is 8.66. The van der Waals surface area contributed by atoms with Gasteiger partial charge in [0.2, 0.25) is 0 Å². The van der Waals surface area contributed by atoms with Crippen LogP contribution in [-0.2, 0) is 4.74 Å². The standard InChI is InChI=1S/C22H26N4O4/c1-13-11-25(12-14(2)26(13)21(29)30-22(3,4)5)18-7-6-16(20(27)28)19-17(18)8-15(9-23)10-24-19/h6-8,10,13-14H,11-12H2,1-5H3,(H,27,28)/t13-,14+. The van der Waals surface area contributed by atoms with Gasteiger partial charge in [-0.2, -0.15) is 5.26 Å². The summed E-state index contributed by atoms with van der Waals surface area (Å²) < 4.78 is 5.56. The maximum absolute atomic E-state index is 12.7. The third-order valence-electron chi connectivity index (χ3n) is 5.05. The zero-order valence-electron chi connectivity index (χ0n) is 17.8. The summed E-state index contributed by atoms with van der Waals surface area (Å²) in [7, 11) is 0. The van der Waals surface area contributed by atoms with Crippen LogP contribution in [0.2, 0.25) is 0 Å². The van der Waals surface area contributed by atoms with E-state index in [1.807, 2.05) is 34.6 Å². The quantitative estimate of drug-likeness (QED) is 0.805. The first-order valence-electron chi connectivity index (χ1n) is 9.84. The van der Waals surface area contributed by atoms with Crippen molar-refractivity contribution >= 4 is 28.7 Å². The molecule has 1 N–H and O–H groups in total. The number of amides is 1. The number of pyridine rings is 1. The summed E-state index contributed by atoms with van der Waals surface area (Å²) in [6.07, 6.45) is 1.03. The number of hydrogen-bond acceptors (Lipinski definition) is 6. The molecule has 0 unspecified atom stereocenters. The van der Waals surface area contributed by atoms with Crippen LogP contribution in [0.4, 0.5) is 10.5 Å². The molecule has 2 aromatic rings. The van der Waals surface area contributed by atoms with Gasteiger partial charge in [0.15, 0.2) is 0 Å². The second kappa shape index (κ2) is 7.82. The van der Waals surface area contributed by atoms with Crippen LogP contribution < -0.4 is 4.90 Å². The van der Waals surface area contributed by atoms with Crippen molar-refractivity contribution in [2.45, 2.75) is 52.3 Å². The van der Waals surface area contributed by atoms with E-state index in [0.717, 1.165) is 5.69 Å². The highest BCUT2D eigenvalue weighted by Crippen LogP contribution is 2.32. The highest BCUT2D eigenvalue weighted by molar-refractivity contribution is 6.06. The highest BCUT2D eigenvalue weighted by atomic mass is 16.6. The number of carboxylic acid groups (broad SMARTS) is 1. The van der Waals surface area contributed by atoms with E-state index in [0.29, 0.717) is 29.6 Å². The average molecular weight is 410 g/mol. The minimum atomic E-state index is -1.07. The van der Waals surface area contributed by atoms with Gasteiger partial charge in [0, 0.05) is 30.4 Å². The number of aromatic nitrogens is 1. The largest absolute Gasteiger partial charge is 0.478 e. The van der Waals surface area contributed by atoms with Crippen molar-refractivity contribution in [1.29, 1.82) is 5.26 Å². The van der Waals surface area contributed by atoms with Gasteiger partial charge in [-0.25, -0.2) is 9.59 Å². The maximum Gasteiger partial charge on any atom is 0.410 e. The highest BCUT2D eigenvalue weighted by Gasteiger charge is 2.36. The number of rotatable bonds is 2. The van der Waals surface area contributed by atoms with Crippen LogP contribution in [0.5, 0.6) is 0 Å². The Labute approximate surface area is 175 Å². The minimum Gasteiger partial charge on any atom is -0.478 e. The zero-order chi connectivity index (χ0) is 22.2. The van der Waals surface area contributed by atoms with Gasteiger partial charge in [0.25, 0.3) is 0 Å². The SMILES string of the molecule is C[C@@H]1CN(c2ccc(C(=O)O)c3ncc(C#N)cc23)C[C@H](C)N1C(=O)OC(C)(C)C. The van der Waals surface area contributed by atoms with Crippen molar-refractivity contribution in [2.24, 2.45) is 0 Å². The summed E-state index contributed by atoms with van der Waals surface area (Å²) in [6, 6.07) is 6.77. The fourth-order valence-electron chi connectivity index (χ4n) is 3.91. The topological polar surface area (TPSA) is 107 Å². The van der Waals surface area contributed by atoms with Gasteiger partial charge in [-0.05, 0) is 52.8 Å². The third-order valence-corrected chi connectivity index (χ3v) is 5.05. The Bertz CT molecular complexity index is 1030. The Morgan fingerprint density at radius 1 is 1.23 bits per heavy atom. The number of carbonyl (C=O) groups is 2. The summed E-state index contributed by atoms with van der Waals surface area (Å²) >= 11 is 0. The lowest BCUT2D eigenvalue weighted by atomic mass is 10.0. The molecule has 8 nitrogen and oxygen atoms in total. The Morgan fingerprint density at radius 2 is 1.87 bits per heavy atom. The number of nitrogens with zero attached hydrogens (tertiary/aromatic N) is 4. The molecule has 2 heterocycles. The molecule has 158 valence electrons. The number of fused-ring (bicyclic) bond motifs is 1. The first-order chi connectivity index (χ1) is 14.0. The molecule has 0 saturated carbocycles. The molecule has 1 fully saturated rings. The molecule has 1 amide bonds. The Hall–Kier alpha value is -3.34. The molecule has 0 radical (unpaired) electrons. The summed E-state index contributed by atoms with van der Waals surface area (Å²) in [5.74, 6) is -1.07. The maximum atomic E-state index is 12.7. The van der Waals surface area contributed by atoms with Gasteiger partial charge in [0.05, 0.1) is 28.7 Å². The predicted molar refractivity (Wildman–Crippen MR) is 113 cm³/mol. The molecular formula is C22H26N4O4. The zero-order valence-corrected chi connectivity index (χ0v) is 17.8. The van der Waals surface area contributed by atoms with Gasteiger partial charge in [-0.3, -0.25) is 9.88 Å². The molecule has 1 saturated heterocycles. The normalized spacial score (nSPS) is 19.5. The minimum absolute atomic E-state index is 0.0896. The summed E-state index contributed by atoms with van der Waals surface area (Å²) in [5, 5.41) is 19.4. The van der Waals surface area contributed by atoms with Gasteiger partial charge < -0.3 is 14.7 Å². The average Bonchev–Trinajstić information content (AvgIpc) is 2.64. The number of hydrogen-bond donors (Lipinski definition) is 1. The molecule has 0 aliphatic carbocycles.